The van der Waals surface area contributed by atoms with Crippen LogP contribution in [0, 0.1) is 18.6 Å². The van der Waals surface area contributed by atoms with Gasteiger partial charge in [-0.15, -0.1) is 19.0 Å². The molecular weight excluding hydrogens is 448 g/mol. The number of hydrogen-bond acceptors (Lipinski definition) is 4. The van der Waals surface area contributed by atoms with Gasteiger partial charge in [-0.05, 0) is 80.3 Å². The summed E-state index contributed by atoms with van der Waals surface area (Å²) in [5.41, 5.74) is 9.17. The van der Waals surface area contributed by atoms with E-state index in [0.29, 0.717) is 34.6 Å². The lowest BCUT2D eigenvalue weighted by Gasteiger charge is -2.20. The molecule has 2 aromatic carbocycles. The van der Waals surface area contributed by atoms with E-state index in [4.69, 9.17) is 15.2 Å². The Morgan fingerprint density at radius 1 is 1.27 bits per heavy atom. The number of nitrogens with two attached hydrogens (primary N) is 1. The van der Waals surface area contributed by atoms with Crippen molar-refractivity contribution < 1.29 is 23.0 Å². The van der Waals surface area contributed by atoms with Crippen LogP contribution in [0.1, 0.15) is 67.7 Å². The van der Waals surface area contributed by atoms with Crippen molar-refractivity contribution in [2.24, 2.45) is 5.73 Å². The van der Waals surface area contributed by atoms with Gasteiger partial charge in [0.05, 0.1) is 19.6 Å². The molecule has 0 bridgehead atoms. The summed E-state index contributed by atoms with van der Waals surface area (Å²) >= 11 is 0. The first-order chi connectivity index (χ1) is 15.3. The standard InChI is InChI=1S/C26H31F2NO3.ClH/c1-4-6-7-10-32-23-14-19(27)11-16(3)25(23)18-12-20(17-8-9-17)26(28)21(13-18)22(29)15-24(30)31-5-2;/h4,11-14,17,22H,1,5-10,15,29H2,2-3H3;1H/t22-;/m0./s1. The van der Waals surface area contributed by atoms with E-state index in [2.05, 4.69) is 6.58 Å². The molecule has 3 rings (SSSR count). The quantitative estimate of drug-likeness (QED) is 0.226. The van der Waals surface area contributed by atoms with Crippen LogP contribution >= 0.6 is 12.4 Å². The van der Waals surface area contributed by atoms with Crippen molar-refractivity contribution >= 4 is 18.4 Å². The Hall–Kier alpha value is -2.44. The smallest absolute Gasteiger partial charge is 0.307 e. The first-order valence-corrected chi connectivity index (χ1v) is 11.1. The lowest BCUT2D eigenvalue weighted by molar-refractivity contribution is -0.143. The highest BCUT2D eigenvalue weighted by molar-refractivity contribution is 5.85. The fourth-order valence-electron chi connectivity index (χ4n) is 3.89. The third kappa shape index (κ3) is 6.78. The van der Waals surface area contributed by atoms with Crippen LogP contribution in [0.15, 0.2) is 36.9 Å². The maximum atomic E-state index is 15.4. The van der Waals surface area contributed by atoms with Crippen LogP contribution in [0.5, 0.6) is 5.75 Å². The monoisotopic (exact) mass is 479 g/mol. The van der Waals surface area contributed by atoms with Crippen LogP contribution in [-0.4, -0.2) is 19.2 Å². The average molecular weight is 480 g/mol. The molecule has 2 aromatic rings. The van der Waals surface area contributed by atoms with Crippen LogP contribution in [0.25, 0.3) is 11.1 Å². The number of allylic oxidation sites excluding steroid dienone is 1. The van der Waals surface area contributed by atoms with Crippen LogP contribution in [-0.2, 0) is 9.53 Å². The molecule has 2 N–H and O–H groups in total. The van der Waals surface area contributed by atoms with E-state index in [9.17, 15) is 9.18 Å². The minimum atomic E-state index is -0.843. The number of ether oxygens (including phenoxy) is 2. The van der Waals surface area contributed by atoms with Crippen LogP contribution in [0.4, 0.5) is 8.78 Å². The van der Waals surface area contributed by atoms with Gasteiger partial charge in [0.15, 0.2) is 0 Å². The summed E-state index contributed by atoms with van der Waals surface area (Å²) < 4.78 is 40.4. The zero-order valence-electron chi connectivity index (χ0n) is 19.2. The molecule has 1 atom stereocenters. The molecule has 0 aromatic heterocycles. The normalized spacial score (nSPS) is 13.7. The average Bonchev–Trinajstić information content (AvgIpc) is 3.56. The molecular formula is C26H32ClF2NO3. The summed E-state index contributed by atoms with van der Waals surface area (Å²) in [6, 6.07) is 5.41. The zero-order valence-corrected chi connectivity index (χ0v) is 20.0. The maximum absolute atomic E-state index is 15.4. The highest BCUT2D eigenvalue weighted by atomic mass is 35.5. The van der Waals surface area contributed by atoms with E-state index >= 15 is 4.39 Å². The third-order valence-electron chi connectivity index (χ3n) is 5.60. The number of halogens is 3. The third-order valence-corrected chi connectivity index (χ3v) is 5.60. The molecule has 0 unspecified atom stereocenters. The minimum Gasteiger partial charge on any atom is -0.493 e. The molecule has 1 saturated carbocycles. The van der Waals surface area contributed by atoms with Crippen molar-refractivity contribution in [3.8, 4) is 16.9 Å². The molecule has 1 fully saturated rings. The first kappa shape index (κ1) is 26.8. The summed E-state index contributed by atoms with van der Waals surface area (Å²) in [6.45, 7) is 7.86. The molecule has 180 valence electrons. The molecule has 33 heavy (non-hydrogen) atoms. The molecule has 0 heterocycles. The van der Waals surface area contributed by atoms with E-state index in [1.54, 1.807) is 26.0 Å². The predicted octanol–water partition coefficient (Wildman–Crippen LogP) is 6.54. The SMILES string of the molecule is C=CCCCOc1cc(F)cc(C)c1-c1cc(C2CC2)c(F)c([C@@H](N)CC(=O)OCC)c1.Cl. The topological polar surface area (TPSA) is 61.5 Å². The van der Waals surface area contributed by atoms with Crippen LogP contribution in [0.3, 0.4) is 0 Å². The van der Waals surface area contributed by atoms with Crippen molar-refractivity contribution in [2.45, 2.75) is 57.9 Å². The molecule has 0 aliphatic heterocycles. The number of aryl methyl sites for hydroxylation is 1. The van der Waals surface area contributed by atoms with Crippen molar-refractivity contribution in [1.29, 1.82) is 0 Å². The second kappa shape index (κ2) is 12.1. The number of carbonyl (C=O) groups is 1. The summed E-state index contributed by atoms with van der Waals surface area (Å²) in [5.74, 6) is -0.706. The second-order valence-corrected chi connectivity index (χ2v) is 8.23. The summed E-state index contributed by atoms with van der Waals surface area (Å²) in [6.07, 6.45) is 5.04. The highest BCUT2D eigenvalue weighted by Crippen LogP contribution is 2.45. The summed E-state index contributed by atoms with van der Waals surface area (Å²) in [7, 11) is 0. The van der Waals surface area contributed by atoms with E-state index in [-0.39, 0.29) is 42.7 Å². The van der Waals surface area contributed by atoms with Gasteiger partial charge in [0.25, 0.3) is 0 Å². The maximum Gasteiger partial charge on any atom is 0.307 e. The Balaban J connectivity index is 0.00000385. The molecule has 0 spiro atoms. The summed E-state index contributed by atoms with van der Waals surface area (Å²) in [5, 5.41) is 0. The van der Waals surface area contributed by atoms with E-state index in [1.165, 1.54) is 12.1 Å². The Labute approximate surface area is 200 Å². The molecule has 4 nitrogen and oxygen atoms in total. The predicted molar refractivity (Wildman–Crippen MR) is 129 cm³/mol. The lowest BCUT2D eigenvalue weighted by atomic mass is 9.91. The second-order valence-electron chi connectivity index (χ2n) is 8.23. The number of unbranched alkanes of at least 4 members (excludes halogenated alkanes) is 1. The number of esters is 1. The Bertz CT molecular complexity index is 992. The molecule has 1 aliphatic rings. The van der Waals surface area contributed by atoms with Gasteiger partial charge in [-0.1, -0.05) is 6.08 Å². The zero-order chi connectivity index (χ0) is 23.3. The van der Waals surface area contributed by atoms with Gasteiger partial charge >= 0.3 is 5.97 Å². The highest BCUT2D eigenvalue weighted by Gasteiger charge is 2.30. The largest absolute Gasteiger partial charge is 0.493 e. The fourth-order valence-corrected chi connectivity index (χ4v) is 3.89. The number of hydrogen-bond donors (Lipinski definition) is 1. The minimum absolute atomic E-state index is 0. The Morgan fingerprint density at radius 2 is 2.00 bits per heavy atom. The van der Waals surface area contributed by atoms with Gasteiger partial charge in [-0.3, -0.25) is 4.79 Å². The van der Waals surface area contributed by atoms with E-state index in [1.807, 2.05) is 6.07 Å². The number of rotatable bonds is 11. The van der Waals surface area contributed by atoms with Gasteiger partial charge < -0.3 is 15.2 Å². The van der Waals surface area contributed by atoms with Gasteiger partial charge in [-0.2, -0.15) is 0 Å². The van der Waals surface area contributed by atoms with E-state index in [0.717, 1.165) is 25.7 Å². The lowest BCUT2D eigenvalue weighted by Crippen LogP contribution is -2.19. The number of carbonyl (C=O) groups excluding carboxylic acids is 1. The molecule has 0 amide bonds. The van der Waals surface area contributed by atoms with Gasteiger partial charge in [0.1, 0.15) is 17.4 Å². The Kier molecular flexibility index (Phi) is 9.87. The first-order valence-electron chi connectivity index (χ1n) is 11.1. The van der Waals surface area contributed by atoms with Crippen molar-refractivity contribution in [1.82, 2.24) is 0 Å². The van der Waals surface area contributed by atoms with Crippen molar-refractivity contribution in [2.75, 3.05) is 13.2 Å². The molecule has 7 heteroatoms. The molecule has 1 aliphatic carbocycles. The van der Waals surface area contributed by atoms with Crippen LogP contribution in [0.2, 0.25) is 0 Å². The van der Waals surface area contributed by atoms with Gasteiger partial charge in [0.2, 0.25) is 0 Å². The summed E-state index contributed by atoms with van der Waals surface area (Å²) in [4.78, 5) is 11.9. The fraction of sp³-hybridized carbons (Fsp3) is 0.423. The molecule has 0 radical (unpaired) electrons. The Morgan fingerprint density at radius 3 is 2.64 bits per heavy atom. The van der Waals surface area contributed by atoms with Gasteiger partial charge in [-0.25, -0.2) is 8.78 Å². The molecule has 0 saturated heterocycles. The van der Waals surface area contributed by atoms with Crippen molar-refractivity contribution in [3.05, 3.63) is 65.2 Å². The number of benzene rings is 2. The van der Waals surface area contributed by atoms with E-state index < -0.39 is 17.8 Å². The van der Waals surface area contributed by atoms with Crippen molar-refractivity contribution in [3.63, 3.8) is 0 Å². The van der Waals surface area contributed by atoms with Gasteiger partial charge in [0, 0.05) is 23.2 Å². The van der Waals surface area contributed by atoms with Crippen LogP contribution < -0.4 is 10.5 Å².